The van der Waals surface area contributed by atoms with E-state index >= 15 is 0 Å². The zero-order valence-electron chi connectivity index (χ0n) is 18.9. The Morgan fingerprint density at radius 3 is 2.00 bits per heavy atom. The first-order chi connectivity index (χ1) is 17.3. The smallest absolute Gasteiger partial charge is 0.260 e. The standard InChI is InChI=1S/C30H20BNO3/c1-5-13-24-20(9-1)31-21-10-2-6-14-25(21)34-29-18-19(17-28(33-24)30(29)31)32-22-11-3-7-15-26(22)35-27-16-8-4-12-23(27)32/h1-7,9-15,17-18H,8,16H2. The van der Waals surface area contributed by atoms with Gasteiger partial charge >= 0.3 is 0 Å². The molecule has 5 heteroatoms. The second-order valence-corrected chi connectivity index (χ2v) is 9.22. The quantitative estimate of drug-likeness (QED) is 0.308. The van der Waals surface area contributed by atoms with Crippen LogP contribution in [0.3, 0.4) is 0 Å². The van der Waals surface area contributed by atoms with Gasteiger partial charge in [-0.1, -0.05) is 54.6 Å². The lowest BCUT2D eigenvalue weighted by Gasteiger charge is -2.37. The van der Waals surface area contributed by atoms with E-state index in [4.69, 9.17) is 14.2 Å². The Labute approximate surface area is 203 Å². The molecule has 166 valence electrons. The fourth-order valence-electron chi connectivity index (χ4n) is 5.71. The van der Waals surface area contributed by atoms with E-state index in [1.165, 1.54) is 10.9 Å². The van der Waals surface area contributed by atoms with Crippen LogP contribution in [0.1, 0.15) is 12.8 Å². The molecule has 0 unspecified atom stereocenters. The third kappa shape index (κ3) is 2.69. The predicted molar refractivity (Wildman–Crippen MR) is 139 cm³/mol. The van der Waals surface area contributed by atoms with Gasteiger partial charge in [0, 0.05) is 24.0 Å². The molecule has 4 aliphatic rings. The average Bonchev–Trinajstić information content (AvgIpc) is 2.91. The Morgan fingerprint density at radius 2 is 1.29 bits per heavy atom. The lowest BCUT2D eigenvalue weighted by atomic mass is 9.35. The number of fused-ring (bicyclic) bond motifs is 5. The summed E-state index contributed by atoms with van der Waals surface area (Å²) >= 11 is 0. The summed E-state index contributed by atoms with van der Waals surface area (Å²) in [6.45, 7) is 0.0743. The summed E-state index contributed by atoms with van der Waals surface area (Å²) in [6, 6.07) is 29.1. The fourth-order valence-corrected chi connectivity index (χ4v) is 5.71. The van der Waals surface area contributed by atoms with E-state index in [-0.39, 0.29) is 6.71 Å². The van der Waals surface area contributed by atoms with Gasteiger partial charge < -0.3 is 19.1 Å². The predicted octanol–water partition coefficient (Wildman–Crippen LogP) is 5.51. The molecular weight excluding hydrogens is 433 g/mol. The first-order valence-electron chi connectivity index (χ1n) is 12.0. The Morgan fingerprint density at radius 1 is 0.657 bits per heavy atom. The molecule has 4 aromatic carbocycles. The molecule has 0 radical (unpaired) electrons. The topological polar surface area (TPSA) is 30.9 Å². The van der Waals surface area contributed by atoms with Crippen LogP contribution in [0.15, 0.2) is 109 Å². The first kappa shape index (κ1) is 19.0. The maximum Gasteiger partial charge on any atom is 0.260 e. The van der Waals surface area contributed by atoms with Gasteiger partial charge in [-0.05, 0) is 47.7 Å². The van der Waals surface area contributed by atoms with Crippen LogP contribution in [0.4, 0.5) is 11.4 Å². The first-order valence-corrected chi connectivity index (χ1v) is 12.0. The number of hydrogen-bond acceptors (Lipinski definition) is 4. The SMILES string of the molecule is C1=CC2=C(CC1)Oc1ccccc1N2c1cc2c3c(c1)Oc1ccccc1B3c1ccccc1O2. The van der Waals surface area contributed by atoms with Crippen molar-refractivity contribution >= 4 is 34.5 Å². The molecule has 0 bridgehead atoms. The van der Waals surface area contributed by atoms with Crippen molar-refractivity contribution in [3.63, 3.8) is 0 Å². The molecule has 0 fully saturated rings. The van der Waals surface area contributed by atoms with Crippen molar-refractivity contribution < 1.29 is 14.2 Å². The molecule has 3 heterocycles. The van der Waals surface area contributed by atoms with Crippen molar-refractivity contribution in [2.24, 2.45) is 0 Å². The third-order valence-corrected chi connectivity index (χ3v) is 7.22. The van der Waals surface area contributed by atoms with Gasteiger partial charge in [0.2, 0.25) is 0 Å². The summed E-state index contributed by atoms with van der Waals surface area (Å²) in [5, 5.41) is 0. The fraction of sp³-hybridized carbons (Fsp3) is 0.0667. The van der Waals surface area contributed by atoms with Crippen LogP contribution in [0.5, 0.6) is 28.7 Å². The molecule has 1 aliphatic carbocycles. The molecule has 8 rings (SSSR count). The van der Waals surface area contributed by atoms with E-state index in [2.05, 4.69) is 71.6 Å². The minimum Gasteiger partial charge on any atom is -0.458 e. The van der Waals surface area contributed by atoms with Gasteiger partial charge in [-0.3, -0.25) is 0 Å². The van der Waals surface area contributed by atoms with Crippen LogP contribution in [0.25, 0.3) is 0 Å². The summed E-state index contributed by atoms with van der Waals surface area (Å²) in [7, 11) is 0. The molecule has 0 saturated carbocycles. The Balaban J connectivity index is 1.37. The summed E-state index contributed by atoms with van der Waals surface area (Å²) in [5.41, 5.74) is 6.48. The van der Waals surface area contributed by atoms with E-state index in [9.17, 15) is 0 Å². The Kier molecular flexibility index (Phi) is 3.83. The highest BCUT2D eigenvalue weighted by Crippen LogP contribution is 2.47. The minimum absolute atomic E-state index is 0.0743. The average molecular weight is 453 g/mol. The van der Waals surface area contributed by atoms with Gasteiger partial charge in [0.15, 0.2) is 5.75 Å². The third-order valence-electron chi connectivity index (χ3n) is 7.22. The maximum absolute atomic E-state index is 6.52. The van der Waals surface area contributed by atoms with Crippen molar-refractivity contribution in [1.29, 1.82) is 0 Å². The second kappa shape index (κ2) is 7.06. The van der Waals surface area contributed by atoms with Crippen LogP contribution >= 0.6 is 0 Å². The van der Waals surface area contributed by atoms with E-state index in [1.54, 1.807) is 0 Å². The molecule has 0 amide bonds. The minimum atomic E-state index is 0.0743. The Hall–Kier alpha value is -4.38. The van der Waals surface area contributed by atoms with Crippen molar-refractivity contribution in [1.82, 2.24) is 0 Å². The summed E-state index contributed by atoms with van der Waals surface area (Å²) in [6.07, 6.45) is 6.23. The number of anilines is 2. The molecular formula is C30H20BNO3. The van der Waals surface area contributed by atoms with E-state index in [0.717, 1.165) is 69.9 Å². The van der Waals surface area contributed by atoms with Gasteiger partial charge in [-0.25, -0.2) is 0 Å². The molecule has 0 atom stereocenters. The largest absolute Gasteiger partial charge is 0.458 e. The number of allylic oxidation sites excluding steroid dienone is 3. The van der Waals surface area contributed by atoms with Gasteiger partial charge in [0.25, 0.3) is 6.71 Å². The number of rotatable bonds is 1. The van der Waals surface area contributed by atoms with Crippen LogP contribution < -0.4 is 35.5 Å². The van der Waals surface area contributed by atoms with Gasteiger partial charge in [0.05, 0.1) is 17.1 Å². The zero-order valence-corrected chi connectivity index (χ0v) is 18.9. The van der Waals surface area contributed by atoms with E-state index in [0.29, 0.717) is 0 Å². The van der Waals surface area contributed by atoms with Crippen LogP contribution in [-0.4, -0.2) is 6.71 Å². The lowest BCUT2D eigenvalue weighted by molar-refractivity contribution is 0.388. The number of hydrogen-bond donors (Lipinski definition) is 0. The summed E-state index contributed by atoms with van der Waals surface area (Å²) in [5.74, 6) is 5.31. The monoisotopic (exact) mass is 453 g/mol. The normalized spacial score (nSPS) is 16.1. The van der Waals surface area contributed by atoms with Crippen LogP contribution in [0.2, 0.25) is 0 Å². The number of ether oxygens (including phenoxy) is 3. The highest BCUT2D eigenvalue weighted by Gasteiger charge is 2.41. The molecule has 0 aromatic heterocycles. The van der Waals surface area contributed by atoms with Crippen molar-refractivity contribution in [2.75, 3.05) is 4.90 Å². The van der Waals surface area contributed by atoms with Gasteiger partial charge in [-0.2, -0.15) is 0 Å². The van der Waals surface area contributed by atoms with E-state index in [1.807, 2.05) is 30.3 Å². The maximum atomic E-state index is 6.52. The highest BCUT2D eigenvalue weighted by atomic mass is 16.5. The molecule has 35 heavy (non-hydrogen) atoms. The molecule has 0 saturated heterocycles. The molecule has 3 aliphatic heterocycles. The van der Waals surface area contributed by atoms with Gasteiger partial charge in [-0.15, -0.1) is 0 Å². The number of para-hydroxylation sites is 4. The molecule has 4 nitrogen and oxygen atoms in total. The van der Waals surface area contributed by atoms with Crippen LogP contribution in [0, 0.1) is 0 Å². The molecule has 0 N–H and O–H groups in total. The van der Waals surface area contributed by atoms with Crippen molar-refractivity contribution in [3.05, 3.63) is 109 Å². The zero-order chi connectivity index (χ0) is 22.9. The van der Waals surface area contributed by atoms with Crippen molar-refractivity contribution in [2.45, 2.75) is 12.8 Å². The van der Waals surface area contributed by atoms with Crippen molar-refractivity contribution in [3.8, 4) is 28.7 Å². The molecule has 4 aromatic rings. The number of benzene rings is 4. The Bertz CT molecular complexity index is 1530. The van der Waals surface area contributed by atoms with Gasteiger partial charge in [0.1, 0.15) is 28.8 Å². The number of nitrogens with zero attached hydrogens (tertiary/aromatic N) is 1. The van der Waals surface area contributed by atoms with E-state index < -0.39 is 0 Å². The summed E-state index contributed by atoms with van der Waals surface area (Å²) in [4.78, 5) is 2.27. The lowest BCUT2D eigenvalue weighted by Crippen LogP contribution is -2.57. The van der Waals surface area contributed by atoms with Crippen LogP contribution in [-0.2, 0) is 0 Å². The highest BCUT2D eigenvalue weighted by molar-refractivity contribution is 6.98. The summed E-state index contributed by atoms with van der Waals surface area (Å²) < 4.78 is 19.3. The molecule has 0 spiro atoms. The second-order valence-electron chi connectivity index (χ2n) is 9.22.